The maximum absolute atomic E-state index is 12.6. The number of rotatable bonds is 6. The van der Waals surface area contributed by atoms with Crippen LogP contribution in [0.5, 0.6) is 0 Å². The molecule has 1 heterocycles. The van der Waals surface area contributed by atoms with E-state index < -0.39 is 17.0 Å². The van der Waals surface area contributed by atoms with E-state index in [0.717, 1.165) is 17.7 Å². The van der Waals surface area contributed by atoms with Gasteiger partial charge in [-0.25, -0.2) is 0 Å². The predicted octanol–water partition coefficient (Wildman–Crippen LogP) is 5.10. The molecule has 0 fully saturated rings. The van der Waals surface area contributed by atoms with E-state index in [0.29, 0.717) is 23.2 Å². The molecule has 1 aromatic heterocycles. The molecule has 2 aromatic carbocycles. The summed E-state index contributed by atoms with van der Waals surface area (Å²) >= 11 is 1.24. The maximum Gasteiger partial charge on any atom is 0.416 e. The number of carbonyl (C=O) groups excluding carboxylic acids is 1. The Balaban J connectivity index is 1.69. The van der Waals surface area contributed by atoms with Gasteiger partial charge in [-0.3, -0.25) is 4.79 Å². The highest BCUT2D eigenvalue weighted by atomic mass is 32.2. The van der Waals surface area contributed by atoms with Crippen LogP contribution in [0, 0.1) is 0 Å². The van der Waals surface area contributed by atoms with E-state index >= 15 is 0 Å². The van der Waals surface area contributed by atoms with Gasteiger partial charge in [-0.1, -0.05) is 42.1 Å². The molecule has 0 aliphatic rings. The molecule has 9 heteroatoms. The van der Waals surface area contributed by atoms with E-state index in [2.05, 4.69) is 15.5 Å². The van der Waals surface area contributed by atoms with Crippen LogP contribution in [-0.4, -0.2) is 25.9 Å². The Morgan fingerprint density at radius 1 is 1.10 bits per heavy atom. The molecule has 1 unspecified atom stereocenters. The minimum Gasteiger partial charge on any atom is -0.325 e. The molecular formula is C20H19F3N4OS. The number of nitrogens with one attached hydrogen (secondary N) is 1. The highest BCUT2D eigenvalue weighted by Crippen LogP contribution is 2.30. The van der Waals surface area contributed by atoms with Crippen molar-refractivity contribution in [2.75, 3.05) is 5.32 Å². The molecule has 3 aromatic rings. The number of benzene rings is 2. The normalized spacial score (nSPS) is 12.6. The molecule has 5 nitrogen and oxygen atoms in total. The summed E-state index contributed by atoms with van der Waals surface area (Å²) in [6.45, 7) is 4.31. The molecule has 1 amide bonds. The van der Waals surface area contributed by atoms with Gasteiger partial charge in [0.15, 0.2) is 11.0 Å². The monoisotopic (exact) mass is 420 g/mol. The number of thioether (sulfide) groups is 1. The van der Waals surface area contributed by atoms with E-state index in [1.54, 1.807) is 6.92 Å². The Hall–Kier alpha value is -2.81. The number of hydrogen-bond acceptors (Lipinski definition) is 4. The average molecular weight is 420 g/mol. The molecule has 0 radical (unpaired) electrons. The van der Waals surface area contributed by atoms with E-state index in [9.17, 15) is 18.0 Å². The van der Waals surface area contributed by atoms with Gasteiger partial charge in [0, 0.05) is 17.8 Å². The third-order valence-electron chi connectivity index (χ3n) is 4.20. The number of carbonyl (C=O) groups is 1. The molecule has 0 saturated carbocycles. The SMILES string of the molecule is CCn1c(SC(C)C(=O)Nc2ccc(C(F)(F)F)cc2)nnc1-c1ccccc1. The average Bonchev–Trinajstić information content (AvgIpc) is 3.10. The van der Waals surface area contributed by atoms with Gasteiger partial charge in [0.2, 0.25) is 5.91 Å². The summed E-state index contributed by atoms with van der Waals surface area (Å²) in [6, 6.07) is 14.0. The minimum absolute atomic E-state index is 0.303. The zero-order valence-corrected chi connectivity index (χ0v) is 16.6. The summed E-state index contributed by atoms with van der Waals surface area (Å²) in [4.78, 5) is 12.5. The summed E-state index contributed by atoms with van der Waals surface area (Å²) in [5.74, 6) is 0.382. The summed E-state index contributed by atoms with van der Waals surface area (Å²) in [5, 5.41) is 11.2. The molecule has 3 rings (SSSR count). The first kappa shape index (κ1) is 20.9. The van der Waals surface area contributed by atoms with Crippen molar-refractivity contribution < 1.29 is 18.0 Å². The van der Waals surface area contributed by atoms with Gasteiger partial charge in [-0.15, -0.1) is 10.2 Å². The fourth-order valence-corrected chi connectivity index (χ4v) is 3.57. The Bertz CT molecular complexity index is 972. The van der Waals surface area contributed by atoms with E-state index in [4.69, 9.17) is 0 Å². The lowest BCUT2D eigenvalue weighted by Crippen LogP contribution is -2.23. The van der Waals surface area contributed by atoms with Crippen molar-refractivity contribution in [2.24, 2.45) is 0 Å². The number of aromatic nitrogens is 3. The van der Waals surface area contributed by atoms with Crippen molar-refractivity contribution in [3.63, 3.8) is 0 Å². The lowest BCUT2D eigenvalue weighted by Gasteiger charge is -2.13. The predicted molar refractivity (Wildman–Crippen MR) is 107 cm³/mol. The Labute approximate surface area is 170 Å². The fraction of sp³-hybridized carbons (Fsp3) is 0.250. The molecule has 1 N–H and O–H groups in total. The molecular weight excluding hydrogens is 401 g/mol. The third-order valence-corrected chi connectivity index (χ3v) is 5.28. The van der Waals surface area contributed by atoms with Crippen LogP contribution < -0.4 is 5.32 Å². The van der Waals surface area contributed by atoms with E-state index in [-0.39, 0.29) is 5.91 Å². The molecule has 0 aliphatic carbocycles. The summed E-state index contributed by atoms with van der Waals surface area (Å²) in [5.41, 5.74) is 0.468. The smallest absolute Gasteiger partial charge is 0.325 e. The standard InChI is InChI=1S/C20H19F3N4OS/c1-3-27-17(14-7-5-4-6-8-14)25-26-19(27)29-13(2)18(28)24-16-11-9-15(10-12-16)20(21,22)23/h4-13H,3H2,1-2H3,(H,24,28). The zero-order chi connectivity index (χ0) is 21.0. The van der Waals surface area contributed by atoms with Crippen LogP contribution in [0.1, 0.15) is 19.4 Å². The van der Waals surface area contributed by atoms with Crippen LogP contribution in [-0.2, 0) is 17.5 Å². The van der Waals surface area contributed by atoms with Gasteiger partial charge in [-0.05, 0) is 38.1 Å². The minimum atomic E-state index is -4.41. The lowest BCUT2D eigenvalue weighted by atomic mass is 10.2. The molecule has 0 saturated heterocycles. The Morgan fingerprint density at radius 3 is 2.34 bits per heavy atom. The number of hydrogen-bond donors (Lipinski definition) is 1. The first-order valence-corrected chi connectivity index (χ1v) is 9.81. The highest BCUT2D eigenvalue weighted by Gasteiger charge is 2.30. The van der Waals surface area contributed by atoms with Gasteiger partial charge in [0.05, 0.1) is 10.8 Å². The second kappa shape index (κ2) is 8.69. The lowest BCUT2D eigenvalue weighted by molar-refractivity contribution is -0.137. The molecule has 1 atom stereocenters. The summed E-state index contributed by atoms with van der Waals surface area (Å²) in [7, 11) is 0. The van der Waals surface area contributed by atoms with Gasteiger partial charge >= 0.3 is 6.18 Å². The topological polar surface area (TPSA) is 59.8 Å². The van der Waals surface area contributed by atoms with Crippen molar-refractivity contribution in [2.45, 2.75) is 37.0 Å². The first-order valence-electron chi connectivity index (χ1n) is 8.93. The second-order valence-corrected chi connectivity index (χ2v) is 7.55. The van der Waals surface area contributed by atoms with Gasteiger partial charge in [0.25, 0.3) is 0 Å². The van der Waals surface area contributed by atoms with Crippen molar-refractivity contribution in [1.29, 1.82) is 0 Å². The number of halogens is 3. The summed E-state index contributed by atoms with van der Waals surface area (Å²) in [6.07, 6.45) is -4.41. The van der Waals surface area contributed by atoms with Crippen LogP contribution in [0.4, 0.5) is 18.9 Å². The van der Waals surface area contributed by atoms with Crippen LogP contribution in [0.2, 0.25) is 0 Å². The van der Waals surface area contributed by atoms with E-state index in [1.165, 1.54) is 23.9 Å². The van der Waals surface area contributed by atoms with Crippen LogP contribution >= 0.6 is 11.8 Å². The number of nitrogens with zero attached hydrogens (tertiary/aromatic N) is 3. The number of alkyl halides is 3. The molecule has 0 bridgehead atoms. The van der Waals surface area contributed by atoms with Gasteiger partial charge in [0.1, 0.15) is 0 Å². The highest BCUT2D eigenvalue weighted by molar-refractivity contribution is 8.00. The van der Waals surface area contributed by atoms with Crippen molar-refractivity contribution in [3.8, 4) is 11.4 Å². The largest absolute Gasteiger partial charge is 0.416 e. The van der Waals surface area contributed by atoms with Crippen LogP contribution in [0.25, 0.3) is 11.4 Å². The Morgan fingerprint density at radius 2 is 1.76 bits per heavy atom. The van der Waals surface area contributed by atoms with Crippen molar-refractivity contribution >= 4 is 23.4 Å². The van der Waals surface area contributed by atoms with Crippen LogP contribution in [0.3, 0.4) is 0 Å². The fourth-order valence-electron chi connectivity index (χ4n) is 2.66. The van der Waals surface area contributed by atoms with E-state index in [1.807, 2.05) is 41.8 Å². The number of amides is 1. The molecule has 152 valence electrons. The van der Waals surface area contributed by atoms with Crippen LogP contribution in [0.15, 0.2) is 59.8 Å². The van der Waals surface area contributed by atoms with Gasteiger partial charge < -0.3 is 9.88 Å². The quantitative estimate of drug-likeness (QED) is 0.564. The van der Waals surface area contributed by atoms with Crippen molar-refractivity contribution in [3.05, 3.63) is 60.2 Å². The first-order chi connectivity index (χ1) is 13.8. The maximum atomic E-state index is 12.6. The summed E-state index contributed by atoms with van der Waals surface area (Å²) < 4.78 is 39.8. The second-order valence-electron chi connectivity index (χ2n) is 6.24. The third kappa shape index (κ3) is 4.97. The number of anilines is 1. The van der Waals surface area contributed by atoms with Crippen molar-refractivity contribution in [1.82, 2.24) is 14.8 Å². The zero-order valence-electron chi connectivity index (χ0n) is 15.8. The molecule has 29 heavy (non-hydrogen) atoms. The molecule has 0 spiro atoms. The Kier molecular flexibility index (Phi) is 6.26. The van der Waals surface area contributed by atoms with Gasteiger partial charge in [-0.2, -0.15) is 13.2 Å². The molecule has 0 aliphatic heterocycles.